The van der Waals surface area contributed by atoms with E-state index in [0.29, 0.717) is 24.1 Å². The van der Waals surface area contributed by atoms with Crippen LogP contribution in [-0.2, 0) is 6.18 Å². The van der Waals surface area contributed by atoms with Crippen LogP contribution in [0.5, 0.6) is 0 Å². The van der Waals surface area contributed by atoms with Gasteiger partial charge in [0.15, 0.2) is 0 Å². The Bertz CT molecular complexity index is 950. The van der Waals surface area contributed by atoms with Gasteiger partial charge < -0.3 is 10.4 Å². The zero-order chi connectivity index (χ0) is 19.4. The fourth-order valence-electron chi connectivity index (χ4n) is 2.90. The van der Waals surface area contributed by atoms with Gasteiger partial charge in [0.2, 0.25) is 0 Å². The van der Waals surface area contributed by atoms with Crippen LogP contribution in [0.2, 0.25) is 0 Å². The Kier molecular flexibility index (Phi) is 5.46. The summed E-state index contributed by atoms with van der Waals surface area (Å²) in [4.78, 5) is 12.2. The van der Waals surface area contributed by atoms with Gasteiger partial charge in [-0.3, -0.25) is 4.79 Å². The lowest BCUT2D eigenvalue weighted by Gasteiger charge is -2.11. The van der Waals surface area contributed by atoms with E-state index in [-0.39, 0.29) is 12.5 Å². The van der Waals surface area contributed by atoms with E-state index in [1.54, 1.807) is 18.2 Å². The monoisotopic (exact) mass is 373 g/mol. The predicted octanol–water partition coefficient (Wildman–Crippen LogP) is 4.64. The standard InChI is InChI=1S/C21H18F3NO2/c22-21(23,24)17-8-5-14(6-9-17)18-4-1-3-15-13-16(7-10-19(15)18)20(27)25-11-2-12-26/h1,3-10,13,26H,2,11-12H2,(H,25,27). The summed E-state index contributed by atoms with van der Waals surface area (Å²) in [5.41, 5.74) is 1.28. The van der Waals surface area contributed by atoms with Gasteiger partial charge in [0.05, 0.1) is 5.56 Å². The van der Waals surface area contributed by atoms with Crippen molar-refractivity contribution in [1.82, 2.24) is 5.32 Å². The van der Waals surface area contributed by atoms with Gasteiger partial charge in [-0.05, 0) is 52.6 Å². The van der Waals surface area contributed by atoms with Crippen LogP contribution in [0, 0.1) is 0 Å². The van der Waals surface area contributed by atoms with Gasteiger partial charge in [0, 0.05) is 18.7 Å². The van der Waals surface area contributed by atoms with Gasteiger partial charge >= 0.3 is 6.18 Å². The van der Waals surface area contributed by atoms with Crippen molar-refractivity contribution in [2.24, 2.45) is 0 Å². The molecule has 0 heterocycles. The predicted molar refractivity (Wildman–Crippen MR) is 98.4 cm³/mol. The van der Waals surface area contributed by atoms with Crippen LogP contribution in [0.25, 0.3) is 21.9 Å². The molecule has 0 saturated carbocycles. The molecular weight excluding hydrogens is 355 g/mol. The molecule has 3 aromatic carbocycles. The van der Waals surface area contributed by atoms with E-state index in [1.807, 2.05) is 18.2 Å². The maximum Gasteiger partial charge on any atom is 0.416 e. The number of rotatable bonds is 5. The minimum absolute atomic E-state index is 0.00842. The number of aliphatic hydroxyl groups excluding tert-OH is 1. The fraction of sp³-hybridized carbons (Fsp3) is 0.190. The van der Waals surface area contributed by atoms with Crippen molar-refractivity contribution in [3.8, 4) is 11.1 Å². The van der Waals surface area contributed by atoms with E-state index in [0.717, 1.165) is 28.5 Å². The summed E-state index contributed by atoms with van der Waals surface area (Å²) in [5, 5.41) is 13.2. The Morgan fingerprint density at radius 2 is 1.74 bits per heavy atom. The first-order chi connectivity index (χ1) is 12.9. The van der Waals surface area contributed by atoms with E-state index < -0.39 is 11.7 Å². The number of hydrogen-bond acceptors (Lipinski definition) is 2. The van der Waals surface area contributed by atoms with Gasteiger partial charge in [-0.15, -0.1) is 0 Å². The van der Waals surface area contributed by atoms with Crippen molar-refractivity contribution in [2.75, 3.05) is 13.2 Å². The first-order valence-corrected chi connectivity index (χ1v) is 8.49. The molecule has 0 radical (unpaired) electrons. The molecule has 3 nitrogen and oxygen atoms in total. The largest absolute Gasteiger partial charge is 0.416 e. The van der Waals surface area contributed by atoms with Crippen molar-refractivity contribution in [1.29, 1.82) is 0 Å². The lowest BCUT2D eigenvalue weighted by Crippen LogP contribution is -2.24. The summed E-state index contributed by atoms with van der Waals surface area (Å²) in [7, 11) is 0. The highest BCUT2D eigenvalue weighted by Crippen LogP contribution is 2.33. The molecule has 0 aliphatic rings. The lowest BCUT2D eigenvalue weighted by molar-refractivity contribution is -0.137. The van der Waals surface area contributed by atoms with Crippen molar-refractivity contribution in [3.05, 3.63) is 71.8 Å². The number of carbonyl (C=O) groups is 1. The second-order valence-electron chi connectivity index (χ2n) is 6.15. The maximum atomic E-state index is 12.8. The molecule has 0 aromatic heterocycles. The van der Waals surface area contributed by atoms with E-state index >= 15 is 0 Å². The topological polar surface area (TPSA) is 49.3 Å². The number of aliphatic hydroxyl groups is 1. The molecule has 0 unspecified atom stereocenters. The fourth-order valence-corrected chi connectivity index (χ4v) is 2.90. The van der Waals surface area contributed by atoms with Gasteiger partial charge in [0.1, 0.15) is 0 Å². The summed E-state index contributed by atoms with van der Waals surface area (Å²) in [6.45, 7) is 0.396. The molecule has 140 valence electrons. The van der Waals surface area contributed by atoms with Crippen molar-refractivity contribution >= 4 is 16.7 Å². The summed E-state index contributed by atoms with van der Waals surface area (Å²) in [6.07, 6.45) is -3.88. The molecule has 1 amide bonds. The molecule has 0 bridgehead atoms. The van der Waals surface area contributed by atoms with Crippen LogP contribution in [0.15, 0.2) is 60.7 Å². The number of amides is 1. The number of carbonyl (C=O) groups excluding carboxylic acids is 1. The lowest BCUT2D eigenvalue weighted by atomic mass is 9.96. The number of nitrogens with one attached hydrogen (secondary N) is 1. The van der Waals surface area contributed by atoms with Crippen molar-refractivity contribution in [2.45, 2.75) is 12.6 Å². The van der Waals surface area contributed by atoms with Crippen LogP contribution in [0.3, 0.4) is 0 Å². The molecule has 0 spiro atoms. The average Bonchev–Trinajstić information content (AvgIpc) is 2.66. The minimum atomic E-state index is -4.37. The average molecular weight is 373 g/mol. The summed E-state index contributed by atoms with van der Waals surface area (Å²) < 4.78 is 38.3. The molecule has 27 heavy (non-hydrogen) atoms. The SMILES string of the molecule is O=C(NCCCO)c1ccc2c(-c3ccc(C(F)(F)F)cc3)cccc2c1. The molecule has 0 aliphatic heterocycles. The van der Waals surface area contributed by atoms with Crippen LogP contribution in [-0.4, -0.2) is 24.2 Å². The molecule has 0 atom stereocenters. The minimum Gasteiger partial charge on any atom is -0.396 e. The molecule has 0 saturated heterocycles. The number of fused-ring (bicyclic) bond motifs is 1. The van der Waals surface area contributed by atoms with Crippen molar-refractivity contribution < 1.29 is 23.1 Å². The van der Waals surface area contributed by atoms with E-state index in [9.17, 15) is 18.0 Å². The van der Waals surface area contributed by atoms with Crippen LogP contribution < -0.4 is 5.32 Å². The van der Waals surface area contributed by atoms with Gasteiger partial charge in [-0.1, -0.05) is 36.4 Å². The Morgan fingerprint density at radius 1 is 1.00 bits per heavy atom. The third kappa shape index (κ3) is 4.28. The van der Waals surface area contributed by atoms with Crippen LogP contribution in [0.4, 0.5) is 13.2 Å². The quantitative estimate of drug-likeness (QED) is 0.640. The van der Waals surface area contributed by atoms with Gasteiger partial charge in [-0.2, -0.15) is 13.2 Å². The molecule has 0 aliphatic carbocycles. The third-order valence-electron chi connectivity index (χ3n) is 4.29. The van der Waals surface area contributed by atoms with Gasteiger partial charge in [-0.25, -0.2) is 0 Å². The van der Waals surface area contributed by atoms with E-state index in [4.69, 9.17) is 5.11 Å². The summed E-state index contributed by atoms with van der Waals surface area (Å²) >= 11 is 0. The highest BCUT2D eigenvalue weighted by Gasteiger charge is 2.30. The van der Waals surface area contributed by atoms with Gasteiger partial charge in [0.25, 0.3) is 5.91 Å². The molecular formula is C21H18F3NO2. The first-order valence-electron chi connectivity index (χ1n) is 8.49. The van der Waals surface area contributed by atoms with E-state index in [2.05, 4.69) is 5.32 Å². The van der Waals surface area contributed by atoms with Crippen LogP contribution >= 0.6 is 0 Å². The van der Waals surface area contributed by atoms with Crippen LogP contribution in [0.1, 0.15) is 22.3 Å². The second kappa shape index (κ2) is 7.80. The number of benzene rings is 3. The Balaban J connectivity index is 1.93. The zero-order valence-electron chi connectivity index (χ0n) is 14.4. The number of hydrogen-bond donors (Lipinski definition) is 2. The highest BCUT2D eigenvalue weighted by molar-refractivity contribution is 6.02. The Hall–Kier alpha value is -2.86. The zero-order valence-corrected chi connectivity index (χ0v) is 14.4. The summed E-state index contributed by atoms with van der Waals surface area (Å²) in [5.74, 6) is -0.231. The number of halogens is 3. The molecule has 3 rings (SSSR count). The summed E-state index contributed by atoms with van der Waals surface area (Å²) in [6, 6.07) is 15.8. The maximum absolute atomic E-state index is 12.8. The molecule has 2 N–H and O–H groups in total. The molecule has 6 heteroatoms. The Morgan fingerprint density at radius 3 is 2.41 bits per heavy atom. The first kappa shape index (κ1) is 18.9. The van der Waals surface area contributed by atoms with Crippen molar-refractivity contribution in [3.63, 3.8) is 0 Å². The Labute approximate surface area is 154 Å². The normalized spacial score (nSPS) is 11.6. The molecule has 3 aromatic rings. The smallest absolute Gasteiger partial charge is 0.396 e. The number of alkyl halides is 3. The molecule has 0 fully saturated rings. The highest BCUT2D eigenvalue weighted by atomic mass is 19.4. The second-order valence-corrected chi connectivity index (χ2v) is 6.15. The third-order valence-corrected chi connectivity index (χ3v) is 4.29. The van der Waals surface area contributed by atoms with E-state index in [1.165, 1.54) is 12.1 Å².